The Morgan fingerprint density at radius 1 is 0.917 bits per heavy atom. The summed E-state index contributed by atoms with van der Waals surface area (Å²) in [5.74, 6) is -1.97. The van der Waals surface area contributed by atoms with Crippen molar-refractivity contribution in [3.05, 3.63) is 71.3 Å². The van der Waals surface area contributed by atoms with Crippen LogP contribution in [0.5, 0.6) is 0 Å². The Morgan fingerprint density at radius 3 is 2.04 bits per heavy atom. The number of carbonyl (C=O) groups is 3. The van der Waals surface area contributed by atoms with Crippen molar-refractivity contribution in [1.82, 2.24) is 0 Å². The number of ketones is 3. The molecule has 1 aliphatic carbocycles. The molecular formula is C17H10O6Se. The van der Waals surface area contributed by atoms with Crippen molar-refractivity contribution in [2.45, 2.75) is 11.7 Å². The van der Waals surface area contributed by atoms with Crippen LogP contribution in [-0.4, -0.2) is 43.5 Å². The first kappa shape index (κ1) is 15.2. The summed E-state index contributed by atoms with van der Waals surface area (Å²) in [5.41, 5.74) is -1.62. The maximum absolute atomic E-state index is 12.8. The van der Waals surface area contributed by atoms with Crippen LogP contribution in [0.25, 0.3) is 0 Å². The van der Waals surface area contributed by atoms with Crippen LogP contribution in [0, 0.1) is 0 Å². The normalized spacial score (nSPS) is 24.3. The summed E-state index contributed by atoms with van der Waals surface area (Å²) in [6.07, 6.45) is -1.55. The SMILES string of the molecule is O=C(c1ccccc1)C1O[Se](=O)OC12C(=O)c1ccccc1C2=O. The number of rotatable bonds is 2. The molecule has 120 valence electrons. The molecule has 2 aliphatic rings. The summed E-state index contributed by atoms with van der Waals surface area (Å²) in [6, 6.07) is 14.3. The van der Waals surface area contributed by atoms with Gasteiger partial charge in [0.2, 0.25) is 0 Å². The summed E-state index contributed by atoms with van der Waals surface area (Å²) in [7, 11) is 0. The third-order valence-electron chi connectivity index (χ3n) is 4.13. The first-order chi connectivity index (χ1) is 11.6. The second-order valence-corrected chi connectivity index (χ2v) is 7.04. The molecule has 0 aromatic heterocycles. The van der Waals surface area contributed by atoms with E-state index in [1.165, 1.54) is 24.3 Å². The fourth-order valence-electron chi connectivity index (χ4n) is 3.00. The van der Waals surface area contributed by atoms with Crippen LogP contribution in [0.2, 0.25) is 0 Å². The van der Waals surface area contributed by atoms with E-state index < -0.39 is 43.5 Å². The molecule has 6 nitrogen and oxygen atoms in total. The standard InChI is InChI=1S/C17H10O6Se/c18-13(10-6-2-1-3-7-10)16-17(23-24(21)22-16)14(19)11-8-4-5-9-12(11)15(17)20/h1-9,16H. The molecule has 4 rings (SSSR count). The molecule has 2 aromatic carbocycles. The minimum absolute atomic E-state index is 0.151. The average Bonchev–Trinajstić information content (AvgIpc) is 3.07. The number of benzene rings is 2. The zero-order valence-corrected chi connectivity index (χ0v) is 13.8. The second-order valence-electron chi connectivity index (χ2n) is 5.43. The number of Topliss-reactive ketones (excluding diaryl/α,β-unsaturated/α-hetero) is 3. The monoisotopic (exact) mass is 390 g/mol. The molecular weight excluding hydrogens is 379 g/mol. The van der Waals surface area contributed by atoms with Crippen LogP contribution in [-0.2, 0) is 11.5 Å². The van der Waals surface area contributed by atoms with Gasteiger partial charge in [0, 0.05) is 0 Å². The molecule has 1 saturated heterocycles. The van der Waals surface area contributed by atoms with E-state index in [0.717, 1.165) is 0 Å². The molecule has 0 N–H and O–H groups in total. The molecule has 1 aliphatic heterocycles. The quantitative estimate of drug-likeness (QED) is 0.440. The number of carbonyl (C=O) groups excluding carboxylic acids is 3. The maximum atomic E-state index is 12.8. The molecule has 0 bridgehead atoms. The Morgan fingerprint density at radius 2 is 1.46 bits per heavy atom. The average molecular weight is 389 g/mol. The number of hydrogen-bond acceptors (Lipinski definition) is 6. The van der Waals surface area contributed by atoms with Crippen LogP contribution in [0.1, 0.15) is 31.1 Å². The van der Waals surface area contributed by atoms with Crippen molar-refractivity contribution in [1.29, 1.82) is 0 Å². The molecule has 2 aromatic rings. The van der Waals surface area contributed by atoms with E-state index in [2.05, 4.69) is 0 Å². The van der Waals surface area contributed by atoms with E-state index >= 15 is 0 Å². The number of hydrogen-bond donors (Lipinski definition) is 0. The third-order valence-corrected chi connectivity index (χ3v) is 5.70. The summed E-state index contributed by atoms with van der Waals surface area (Å²) in [5, 5.41) is 0. The second kappa shape index (κ2) is 5.36. The van der Waals surface area contributed by atoms with Crippen LogP contribution in [0.4, 0.5) is 0 Å². The van der Waals surface area contributed by atoms with Crippen LogP contribution >= 0.6 is 0 Å². The Bertz CT molecular complexity index is 869. The van der Waals surface area contributed by atoms with E-state index in [0.29, 0.717) is 0 Å². The van der Waals surface area contributed by atoms with Gasteiger partial charge >= 0.3 is 141 Å². The molecule has 0 saturated carbocycles. The molecule has 1 spiro atoms. The molecule has 0 radical (unpaired) electrons. The van der Waals surface area contributed by atoms with E-state index in [1.807, 2.05) is 0 Å². The summed E-state index contributed by atoms with van der Waals surface area (Å²) in [4.78, 5) is 38.4. The van der Waals surface area contributed by atoms with Gasteiger partial charge in [0.05, 0.1) is 0 Å². The van der Waals surface area contributed by atoms with E-state index in [4.69, 9.17) is 7.64 Å². The van der Waals surface area contributed by atoms with Gasteiger partial charge in [-0.15, -0.1) is 0 Å². The Balaban J connectivity index is 1.85. The van der Waals surface area contributed by atoms with Crippen LogP contribution in [0.3, 0.4) is 0 Å². The molecule has 7 heteroatoms. The fourth-order valence-corrected chi connectivity index (χ4v) is 4.83. The van der Waals surface area contributed by atoms with Gasteiger partial charge in [0.25, 0.3) is 0 Å². The van der Waals surface area contributed by atoms with Crippen molar-refractivity contribution in [3.8, 4) is 0 Å². The zero-order chi connectivity index (χ0) is 16.9. The summed E-state index contributed by atoms with van der Waals surface area (Å²) >= 11 is -3.38. The molecule has 2 unspecified atom stereocenters. The van der Waals surface area contributed by atoms with Crippen molar-refractivity contribution in [2.24, 2.45) is 0 Å². The van der Waals surface area contributed by atoms with Crippen molar-refractivity contribution >= 4 is 31.8 Å². The van der Waals surface area contributed by atoms with Gasteiger partial charge in [-0.05, 0) is 0 Å². The van der Waals surface area contributed by atoms with E-state index in [1.54, 1.807) is 30.3 Å². The Kier molecular flexibility index (Phi) is 3.40. The van der Waals surface area contributed by atoms with Gasteiger partial charge in [-0.1, -0.05) is 0 Å². The van der Waals surface area contributed by atoms with E-state index in [-0.39, 0.29) is 16.7 Å². The first-order valence-corrected chi connectivity index (χ1v) is 9.22. The molecule has 2 atom stereocenters. The van der Waals surface area contributed by atoms with Gasteiger partial charge in [-0.3, -0.25) is 0 Å². The van der Waals surface area contributed by atoms with Crippen molar-refractivity contribution in [3.63, 3.8) is 0 Å². The van der Waals surface area contributed by atoms with E-state index in [9.17, 15) is 18.2 Å². The van der Waals surface area contributed by atoms with Crippen molar-refractivity contribution < 1.29 is 25.9 Å². The minimum atomic E-state index is -3.38. The zero-order valence-electron chi connectivity index (χ0n) is 12.1. The molecule has 1 heterocycles. The molecule has 24 heavy (non-hydrogen) atoms. The fraction of sp³-hybridized carbons (Fsp3) is 0.118. The molecule has 0 amide bonds. The van der Waals surface area contributed by atoms with Crippen LogP contribution in [0.15, 0.2) is 54.6 Å². The topological polar surface area (TPSA) is 86.7 Å². The van der Waals surface area contributed by atoms with Crippen LogP contribution < -0.4 is 0 Å². The Labute approximate surface area is 141 Å². The summed E-state index contributed by atoms with van der Waals surface area (Å²) < 4.78 is 22.2. The predicted molar refractivity (Wildman–Crippen MR) is 81.0 cm³/mol. The first-order valence-electron chi connectivity index (χ1n) is 7.12. The summed E-state index contributed by atoms with van der Waals surface area (Å²) in [6.45, 7) is 0. The van der Waals surface area contributed by atoms with Gasteiger partial charge in [0.15, 0.2) is 0 Å². The third kappa shape index (κ3) is 1.93. The van der Waals surface area contributed by atoms with Gasteiger partial charge in [-0.2, -0.15) is 0 Å². The Hall–Kier alpha value is -2.31. The van der Waals surface area contributed by atoms with Gasteiger partial charge < -0.3 is 0 Å². The van der Waals surface area contributed by atoms with Gasteiger partial charge in [-0.25, -0.2) is 0 Å². The predicted octanol–water partition coefficient (Wildman–Crippen LogP) is 1.52. The molecule has 1 fully saturated rings. The van der Waals surface area contributed by atoms with Gasteiger partial charge in [0.1, 0.15) is 0 Å². The number of fused-ring (bicyclic) bond motifs is 1. The van der Waals surface area contributed by atoms with Crippen molar-refractivity contribution in [2.75, 3.05) is 0 Å².